The number of nitrogens with one attached hydrogen (secondary N) is 1. The summed E-state index contributed by atoms with van der Waals surface area (Å²) in [5.74, 6) is -0.170. The highest BCUT2D eigenvalue weighted by Crippen LogP contribution is 2.32. The molecule has 0 aliphatic heterocycles. The zero-order chi connectivity index (χ0) is 34.1. The van der Waals surface area contributed by atoms with Crippen LogP contribution in [-0.4, -0.2) is 58.0 Å². The van der Waals surface area contributed by atoms with Crippen molar-refractivity contribution in [2.75, 3.05) is 25.1 Å². The number of nitrogens with zero attached hydrogens (tertiary/aromatic N) is 2. The number of carbonyl (C=O) groups excluding carboxylic acids is 2. The molecule has 4 aromatic rings. The summed E-state index contributed by atoms with van der Waals surface area (Å²) in [4.78, 5) is 30.2. The Morgan fingerprint density at radius 3 is 2.08 bits per heavy atom. The number of hydrogen-bond donors (Lipinski definition) is 1. The van der Waals surface area contributed by atoms with Gasteiger partial charge < -0.3 is 19.7 Å². The van der Waals surface area contributed by atoms with E-state index in [9.17, 15) is 18.0 Å². The third kappa shape index (κ3) is 8.56. The molecule has 11 heteroatoms. The van der Waals surface area contributed by atoms with Crippen molar-refractivity contribution >= 4 is 43.5 Å². The van der Waals surface area contributed by atoms with Gasteiger partial charge in [-0.05, 0) is 60.4 Å². The Kier molecular flexibility index (Phi) is 11.8. The van der Waals surface area contributed by atoms with Gasteiger partial charge in [-0.25, -0.2) is 8.42 Å². The number of anilines is 1. The summed E-state index contributed by atoms with van der Waals surface area (Å²) < 4.78 is 41.4. The molecule has 9 nitrogen and oxygen atoms in total. The first-order valence-corrected chi connectivity index (χ1v) is 18.1. The van der Waals surface area contributed by atoms with E-state index in [1.807, 2.05) is 54.6 Å². The third-order valence-electron chi connectivity index (χ3n) is 8.50. The monoisotopic (exact) mass is 733 g/mol. The summed E-state index contributed by atoms with van der Waals surface area (Å²) >= 11 is 3.47. The molecule has 0 heterocycles. The maximum absolute atomic E-state index is 14.7. The molecule has 1 aliphatic rings. The van der Waals surface area contributed by atoms with Crippen LogP contribution < -0.4 is 19.1 Å². The smallest absolute Gasteiger partial charge is 0.264 e. The van der Waals surface area contributed by atoms with Crippen molar-refractivity contribution in [2.24, 2.45) is 0 Å². The first-order valence-electron chi connectivity index (χ1n) is 15.9. The Hall–Kier alpha value is -4.35. The summed E-state index contributed by atoms with van der Waals surface area (Å²) in [6.45, 7) is -0.444. The lowest BCUT2D eigenvalue weighted by Gasteiger charge is -2.34. The van der Waals surface area contributed by atoms with E-state index >= 15 is 0 Å². The highest BCUT2D eigenvalue weighted by Gasteiger charge is 2.35. The van der Waals surface area contributed by atoms with Crippen molar-refractivity contribution in [3.8, 4) is 11.5 Å². The van der Waals surface area contributed by atoms with Crippen molar-refractivity contribution in [1.82, 2.24) is 10.2 Å². The largest absolute Gasteiger partial charge is 0.493 e. The van der Waals surface area contributed by atoms with Gasteiger partial charge in [0.25, 0.3) is 10.0 Å². The van der Waals surface area contributed by atoms with Crippen molar-refractivity contribution in [3.63, 3.8) is 0 Å². The van der Waals surface area contributed by atoms with Crippen LogP contribution in [0.1, 0.15) is 36.8 Å². The van der Waals surface area contributed by atoms with Crippen molar-refractivity contribution < 1.29 is 27.5 Å². The van der Waals surface area contributed by atoms with Crippen LogP contribution in [0.5, 0.6) is 11.5 Å². The SMILES string of the molecule is COc1ccc(S(=O)(=O)N(CC(=O)N(Cc2ccc(Br)cc2)[C@H](Cc2ccccc2)C(=O)NC2CCCC2)c2ccccc2)cc1OC. The number of sulfonamides is 1. The fourth-order valence-corrected chi connectivity index (χ4v) is 7.63. The van der Waals surface area contributed by atoms with Crippen LogP contribution in [-0.2, 0) is 32.6 Å². The van der Waals surface area contributed by atoms with Gasteiger partial charge in [-0.1, -0.05) is 89.4 Å². The minimum Gasteiger partial charge on any atom is -0.493 e. The summed E-state index contributed by atoms with van der Waals surface area (Å²) in [6, 6.07) is 29.0. The van der Waals surface area contributed by atoms with Crippen LogP contribution in [0.2, 0.25) is 0 Å². The Labute approximate surface area is 291 Å². The summed E-state index contributed by atoms with van der Waals surface area (Å²) in [6.07, 6.45) is 4.10. The molecule has 1 atom stereocenters. The Morgan fingerprint density at radius 1 is 0.833 bits per heavy atom. The van der Waals surface area contributed by atoms with E-state index in [1.54, 1.807) is 30.3 Å². The highest BCUT2D eigenvalue weighted by atomic mass is 79.9. The van der Waals surface area contributed by atoms with Crippen LogP contribution in [0, 0.1) is 0 Å². The maximum Gasteiger partial charge on any atom is 0.264 e. The van der Waals surface area contributed by atoms with E-state index in [4.69, 9.17) is 9.47 Å². The second kappa shape index (κ2) is 16.2. The van der Waals surface area contributed by atoms with Crippen LogP contribution in [0.25, 0.3) is 0 Å². The van der Waals surface area contributed by atoms with Gasteiger partial charge in [-0.2, -0.15) is 0 Å². The molecule has 0 radical (unpaired) electrons. The Morgan fingerprint density at radius 2 is 1.46 bits per heavy atom. The molecule has 0 unspecified atom stereocenters. The molecule has 0 spiro atoms. The maximum atomic E-state index is 14.7. The van der Waals surface area contributed by atoms with Crippen molar-refractivity contribution in [2.45, 2.75) is 55.6 Å². The van der Waals surface area contributed by atoms with Crippen molar-refractivity contribution in [1.29, 1.82) is 0 Å². The first-order chi connectivity index (χ1) is 23.2. The van der Waals surface area contributed by atoms with E-state index in [0.717, 1.165) is 45.6 Å². The molecule has 1 aliphatic carbocycles. The van der Waals surface area contributed by atoms with Gasteiger partial charge in [0.05, 0.1) is 24.8 Å². The van der Waals surface area contributed by atoms with Gasteiger partial charge in [0.1, 0.15) is 12.6 Å². The fourth-order valence-electron chi connectivity index (χ4n) is 5.94. The number of hydrogen-bond acceptors (Lipinski definition) is 6. The predicted molar refractivity (Wildman–Crippen MR) is 190 cm³/mol. The predicted octanol–water partition coefficient (Wildman–Crippen LogP) is 6.36. The first kappa shape index (κ1) is 35.0. The zero-order valence-electron chi connectivity index (χ0n) is 27.0. The quantitative estimate of drug-likeness (QED) is 0.162. The zero-order valence-corrected chi connectivity index (χ0v) is 29.5. The van der Waals surface area contributed by atoms with Crippen LogP contribution >= 0.6 is 15.9 Å². The normalized spacial score (nSPS) is 13.8. The lowest BCUT2D eigenvalue weighted by atomic mass is 10.0. The van der Waals surface area contributed by atoms with E-state index in [1.165, 1.54) is 37.3 Å². The summed E-state index contributed by atoms with van der Waals surface area (Å²) in [7, 11) is -1.40. The molecule has 1 N–H and O–H groups in total. The molecular formula is C37H40BrN3O6S. The van der Waals surface area contributed by atoms with Crippen LogP contribution in [0.15, 0.2) is 112 Å². The Balaban J connectivity index is 1.56. The summed E-state index contributed by atoms with van der Waals surface area (Å²) in [5.41, 5.74) is 1.99. The van der Waals surface area contributed by atoms with E-state index in [2.05, 4.69) is 21.2 Å². The van der Waals surface area contributed by atoms with E-state index in [0.29, 0.717) is 11.4 Å². The fraction of sp³-hybridized carbons (Fsp3) is 0.297. The molecule has 1 fully saturated rings. The van der Waals surface area contributed by atoms with Gasteiger partial charge >= 0.3 is 0 Å². The molecular weight excluding hydrogens is 694 g/mol. The average Bonchev–Trinajstić information content (AvgIpc) is 3.62. The molecule has 0 aromatic heterocycles. The second-order valence-corrected chi connectivity index (χ2v) is 14.5. The number of halogens is 1. The molecule has 4 aromatic carbocycles. The van der Waals surface area contributed by atoms with Gasteiger partial charge in [-0.15, -0.1) is 0 Å². The standard InChI is InChI=1S/C37H40BrN3O6S/c1-46-34-22-21-32(24-35(34)47-2)48(44,45)41(31-15-7-4-8-16-31)26-36(42)40(25-28-17-19-29(38)20-18-28)33(23-27-11-5-3-6-12-27)37(43)39-30-13-9-10-14-30/h3-8,11-12,15-22,24,30,33H,9-10,13-14,23,25-26H2,1-2H3,(H,39,43)/t33-/m1/s1. The number of methoxy groups -OCH3 is 2. The molecule has 5 rings (SSSR count). The number of carbonyl (C=O) groups is 2. The molecule has 1 saturated carbocycles. The molecule has 48 heavy (non-hydrogen) atoms. The van der Waals surface area contributed by atoms with Gasteiger partial charge in [0.2, 0.25) is 11.8 Å². The second-order valence-electron chi connectivity index (χ2n) is 11.7. The number of ether oxygens (including phenoxy) is 2. The Bertz CT molecular complexity index is 1780. The average molecular weight is 735 g/mol. The number of benzene rings is 4. The van der Waals surface area contributed by atoms with Crippen molar-refractivity contribution in [3.05, 3.63) is 119 Å². The van der Waals surface area contributed by atoms with Crippen LogP contribution in [0.3, 0.4) is 0 Å². The molecule has 2 amide bonds. The topological polar surface area (TPSA) is 105 Å². The van der Waals surface area contributed by atoms with Gasteiger partial charge in [0.15, 0.2) is 11.5 Å². The van der Waals surface area contributed by atoms with E-state index in [-0.39, 0.29) is 35.6 Å². The summed E-state index contributed by atoms with van der Waals surface area (Å²) in [5, 5.41) is 3.20. The molecule has 0 bridgehead atoms. The number of para-hydroxylation sites is 1. The lowest BCUT2D eigenvalue weighted by molar-refractivity contribution is -0.140. The minimum atomic E-state index is -4.30. The number of rotatable bonds is 14. The minimum absolute atomic E-state index is 0.0339. The lowest BCUT2D eigenvalue weighted by Crippen LogP contribution is -2.54. The van der Waals surface area contributed by atoms with Gasteiger partial charge in [0, 0.05) is 29.5 Å². The van der Waals surface area contributed by atoms with Crippen LogP contribution in [0.4, 0.5) is 5.69 Å². The van der Waals surface area contributed by atoms with E-state index < -0.39 is 28.5 Å². The number of amides is 2. The highest BCUT2D eigenvalue weighted by molar-refractivity contribution is 9.10. The molecule has 252 valence electrons. The molecule has 0 saturated heterocycles. The van der Waals surface area contributed by atoms with Gasteiger partial charge in [-0.3, -0.25) is 13.9 Å². The third-order valence-corrected chi connectivity index (χ3v) is 10.8.